The van der Waals surface area contributed by atoms with Gasteiger partial charge in [0.05, 0.1) is 0 Å². The predicted octanol–water partition coefficient (Wildman–Crippen LogP) is 6.67. The lowest BCUT2D eigenvalue weighted by atomic mass is 9.87. The van der Waals surface area contributed by atoms with Gasteiger partial charge in [0.2, 0.25) is 11.6 Å². The number of aryl methyl sites for hydroxylation is 1. The van der Waals surface area contributed by atoms with E-state index in [4.69, 9.17) is 0 Å². The molecule has 0 saturated carbocycles. The van der Waals surface area contributed by atoms with Gasteiger partial charge in [-0.2, -0.15) is 0 Å². The maximum atomic E-state index is 14.0. The van der Waals surface area contributed by atoms with E-state index in [1.807, 2.05) is 36.4 Å². The summed E-state index contributed by atoms with van der Waals surface area (Å²) < 4.78 is 27.4. The van der Waals surface area contributed by atoms with Gasteiger partial charge in [0, 0.05) is 16.7 Å². The second-order valence-electron chi connectivity index (χ2n) is 7.22. The highest BCUT2D eigenvalue weighted by Gasteiger charge is 2.24. The summed E-state index contributed by atoms with van der Waals surface area (Å²) in [6.07, 6.45) is 0. The number of Topliss-reactive ketones (excluding diaryl/α,β-unsaturated/α-hetero) is 2. The largest absolute Gasteiger partial charge is 0.285 e. The summed E-state index contributed by atoms with van der Waals surface area (Å²) in [7, 11) is 0. The fourth-order valence-corrected chi connectivity index (χ4v) is 3.51. The molecule has 0 fully saturated rings. The van der Waals surface area contributed by atoms with Gasteiger partial charge in [-0.1, -0.05) is 72.8 Å². The number of hydrogen-bond donors (Lipinski definition) is 0. The van der Waals surface area contributed by atoms with Crippen molar-refractivity contribution in [2.75, 3.05) is 0 Å². The Labute approximate surface area is 178 Å². The molecule has 0 aliphatic rings. The Bertz CT molecular complexity index is 1280. The smallest absolute Gasteiger partial charge is 0.234 e. The molecule has 4 heteroatoms. The minimum Gasteiger partial charge on any atom is -0.285 e. The van der Waals surface area contributed by atoms with Crippen molar-refractivity contribution in [3.8, 4) is 22.3 Å². The first kappa shape index (κ1) is 20.4. The summed E-state index contributed by atoms with van der Waals surface area (Å²) in [6, 6.07) is 24.3. The van der Waals surface area contributed by atoms with Crippen molar-refractivity contribution in [2.45, 2.75) is 6.92 Å². The Hall–Kier alpha value is -3.92. The third kappa shape index (κ3) is 4.05. The normalized spacial score (nSPS) is 10.7. The quantitative estimate of drug-likeness (QED) is 0.271. The number of hydrogen-bond acceptors (Lipinski definition) is 2. The molecular formula is C27H18F2O2. The fraction of sp³-hybridized carbons (Fsp3) is 0.0370. The number of carbonyl (C=O) groups is 2. The molecule has 31 heavy (non-hydrogen) atoms. The zero-order valence-corrected chi connectivity index (χ0v) is 16.7. The lowest BCUT2D eigenvalue weighted by Crippen LogP contribution is -2.16. The van der Waals surface area contributed by atoms with Crippen LogP contribution in [0.5, 0.6) is 0 Å². The van der Waals surface area contributed by atoms with Gasteiger partial charge in [-0.3, -0.25) is 9.59 Å². The van der Waals surface area contributed by atoms with Gasteiger partial charge in [-0.25, -0.2) is 8.78 Å². The molecule has 2 nitrogen and oxygen atoms in total. The molecule has 0 spiro atoms. The average molecular weight is 412 g/mol. The zero-order valence-electron chi connectivity index (χ0n) is 16.7. The van der Waals surface area contributed by atoms with E-state index < -0.39 is 17.4 Å². The van der Waals surface area contributed by atoms with Crippen LogP contribution in [0.15, 0.2) is 91.0 Å². The Morgan fingerprint density at radius 2 is 1.39 bits per heavy atom. The number of halogens is 2. The van der Waals surface area contributed by atoms with Crippen LogP contribution >= 0.6 is 0 Å². The Morgan fingerprint density at radius 1 is 0.677 bits per heavy atom. The maximum absolute atomic E-state index is 14.0. The summed E-state index contributed by atoms with van der Waals surface area (Å²) in [5, 5.41) is 0. The standard InChI is InChI=1S/C27H18F2O2/c1-17-10-11-20(16-24(17)29)26(30)27(31)23-9-5-8-22(18-12-14-21(28)15-13-18)25(23)19-6-3-2-4-7-19/h2-16H,1H3. The third-order valence-corrected chi connectivity index (χ3v) is 5.17. The molecule has 4 aromatic carbocycles. The van der Waals surface area contributed by atoms with Crippen LogP contribution in [0.2, 0.25) is 0 Å². The molecular weight excluding hydrogens is 394 g/mol. The van der Waals surface area contributed by atoms with Gasteiger partial charge in [0.25, 0.3) is 0 Å². The molecule has 0 N–H and O–H groups in total. The first-order chi connectivity index (χ1) is 15.0. The monoisotopic (exact) mass is 412 g/mol. The van der Waals surface area contributed by atoms with Crippen molar-refractivity contribution >= 4 is 11.6 Å². The van der Waals surface area contributed by atoms with Gasteiger partial charge >= 0.3 is 0 Å². The molecule has 0 aliphatic carbocycles. The molecule has 0 radical (unpaired) electrons. The van der Waals surface area contributed by atoms with E-state index in [0.717, 1.165) is 11.6 Å². The van der Waals surface area contributed by atoms with Crippen molar-refractivity contribution in [3.63, 3.8) is 0 Å². The minimum absolute atomic E-state index is 0.000651. The molecule has 0 unspecified atom stereocenters. The first-order valence-corrected chi connectivity index (χ1v) is 9.75. The molecule has 0 saturated heterocycles. The Kier molecular flexibility index (Phi) is 5.54. The highest BCUT2D eigenvalue weighted by atomic mass is 19.1. The van der Waals surface area contributed by atoms with Crippen LogP contribution in [-0.2, 0) is 0 Å². The van der Waals surface area contributed by atoms with E-state index in [0.29, 0.717) is 22.3 Å². The number of carbonyl (C=O) groups excluding carboxylic acids is 2. The van der Waals surface area contributed by atoms with E-state index in [1.54, 1.807) is 31.2 Å². The summed E-state index contributed by atoms with van der Waals surface area (Å²) in [4.78, 5) is 26.2. The van der Waals surface area contributed by atoms with Crippen molar-refractivity contribution in [2.24, 2.45) is 0 Å². The minimum atomic E-state index is -0.785. The van der Waals surface area contributed by atoms with E-state index in [9.17, 15) is 18.4 Å². The molecule has 4 rings (SSSR count). The highest BCUT2D eigenvalue weighted by molar-refractivity contribution is 6.50. The molecule has 0 atom stereocenters. The summed E-state index contributed by atoms with van der Waals surface area (Å²) >= 11 is 0. The molecule has 4 aromatic rings. The SMILES string of the molecule is Cc1ccc(C(=O)C(=O)c2cccc(-c3ccc(F)cc3)c2-c2ccccc2)cc1F. The molecule has 152 valence electrons. The molecule has 0 aliphatic heterocycles. The summed E-state index contributed by atoms with van der Waals surface area (Å²) in [5.74, 6) is -2.42. The van der Waals surface area contributed by atoms with Gasteiger partial charge in [-0.05, 0) is 47.4 Å². The first-order valence-electron chi connectivity index (χ1n) is 9.75. The highest BCUT2D eigenvalue weighted by Crippen LogP contribution is 2.35. The maximum Gasteiger partial charge on any atom is 0.234 e. The average Bonchev–Trinajstić information content (AvgIpc) is 2.80. The molecule has 0 aromatic heterocycles. The number of benzene rings is 4. The number of rotatable bonds is 5. The van der Waals surface area contributed by atoms with Gasteiger partial charge in [0.15, 0.2) is 0 Å². The summed E-state index contributed by atoms with van der Waals surface area (Å²) in [5.41, 5.74) is 3.32. The van der Waals surface area contributed by atoms with Crippen LogP contribution in [0.3, 0.4) is 0 Å². The van der Waals surface area contributed by atoms with Crippen LogP contribution in [0.4, 0.5) is 8.78 Å². The van der Waals surface area contributed by atoms with Gasteiger partial charge in [-0.15, -0.1) is 0 Å². The van der Waals surface area contributed by atoms with Crippen molar-refractivity contribution in [1.82, 2.24) is 0 Å². The van der Waals surface area contributed by atoms with Crippen molar-refractivity contribution in [3.05, 3.63) is 119 Å². The topological polar surface area (TPSA) is 34.1 Å². The van der Waals surface area contributed by atoms with Crippen LogP contribution in [0, 0.1) is 18.6 Å². The zero-order chi connectivity index (χ0) is 22.0. The van der Waals surface area contributed by atoms with Crippen LogP contribution in [0.25, 0.3) is 22.3 Å². The van der Waals surface area contributed by atoms with Gasteiger partial charge in [0.1, 0.15) is 11.6 Å². The van der Waals surface area contributed by atoms with E-state index >= 15 is 0 Å². The lowest BCUT2D eigenvalue weighted by molar-refractivity contribution is 0.0817. The van der Waals surface area contributed by atoms with Crippen molar-refractivity contribution in [1.29, 1.82) is 0 Å². The van der Waals surface area contributed by atoms with Gasteiger partial charge < -0.3 is 0 Å². The number of ketones is 2. The Morgan fingerprint density at radius 3 is 2.06 bits per heavy atom. The molecule has 0 bridgehead atoms. The van der Waals surface area contributed by atoms with Crippen LogP contribution in [-0.4, -0.2) is 11.6 Å². The lowest BCUT2D eigenvalue weighted by Gasteiger charge is -2.15. The van der Waals surface area contributed by atoms with Crippen LogP contribution in [0.1, 0.15) is 26.3 Å². The van der Waals surface area contributed by atoms with E-state index in [1.165, 1.54) is 24.3 Å². The van der Waals surface area contributed by atoms with E-state index in [2.05, 4.69) is 0 Å². The molecule has 0 heterocycles. The fourth-order valence-electron chi connectivity index (χ4n) is 3.51. The van der Waals surface area contributed by atoms with Crippen molar-refractivity contribution < 1.29 is 18.4 Å². The molecule has 0 amide bonds. The predicted molar refractivity (Wildman–Crippen MR) is 117 cm³/mol. The Balaban J connectivity index is 1.88. The second-order valence-corrected chi connectivity index (χ2v) is 7.22. The van der Waals surface area contributed by atoms with Crippen LogP contribution < -0.4 is 0 Å². The van der Waals surface area contributed by atoms with E-state index in [-0.39, 0.29) is 16.9 Å². The third-order valence-electron chi connectivity index (χ3n) is 5.17. The second kappa shape index (κ2) is 8.44. The summed E-state index contributed by atoms with van der Waals surface area (Å²) in [6.45, 7) is 1.59.